The largest absolute Gasteiger partial charge is 0.396 e. The molecule has 1 unspecified atom stereocenters. The summed E-state index contributed by atoms with van der Waals surface area (Å²) in [7, 11) is 1.85. The van der Waals surface area contributed by atoms with Gasteiger partial charge in [0.1, 0.15) is 10.8 Å². The van der Waals surface area contributed by atoms with Crippen LogP contribution in [0.4, 0.5) is 5.82 Å². The standard InChI is InChI=1S/C15H19N3OS/c1-11(9-19)10-20-14-8-13(16-2)17-15(18-14)12-6-4-3-5-7-12/h3-8,11,19H,9-10H2,1-2H3,(H,16,17,18). The highest BCUT2D eigenvalue weighted by Crippen LogP contribution is 2.24. The molecule has 0 aliphatic carbocycles. The lowest BCUT2D eigenvalue weighted by molar-refractivity contribution is 0.250. The van der Waals surface area contributed by atoms with Crippen LogP contribution in [0.25, 0.3) is 11.4 Å². The fraction of sp³-hybridized carbons (Fsp3) is 0.333. The molecule has 2 rings (SSSR count). The van der Waals surface area contributed by atoms with E-state index in [1.807, 2.05) is 50.4 Å². The zero-order chi connectivity index (χ0) is 14.4. The smallest absolute Gasteiger partial charge is 0.162 e. The molecule has 1 atom stereocenters. The monoisotopic (exact) mass is 289 g/mol. The second kappa shape index (κ2) is 7.26. The number of anilines is 1. The van der Waals surface area contributed by atoms with E-state index in [2.05, 4.69) is 15.3 Å². The predicted molar refractivity (Wildman–Crippen MR) is 84.0 cm³/mol. The first-order valence-corrected chi connectivity index (χ1v) is 7.57. The zero-order valence-electron chi connectivity index (χ0n) is 11.7. The van der Waals surface area contributed by atoms with Gasteiger partial charge >= 0.3 is 0 Å². The van der Waals surface area contributed by atoms with Gasteiger partial charge in [-0.2, -0.15) is 0 Å². The van der Waals surface area contributed by atoms with Crippen LogP contribution in [0.3, 0.4) is 0 Å². The number of benzene rings is 1. The number of rotatable bonds is 6. The van der Waals surface area contributed by atoms with Crippen molar-refractivity contribution in [1.29, 1.82) is 0 Å². The molecular formula is C15H19N3OS. The third kappa shape index (κ3) is 3.95. The number of nitrogens with one attached hydrogen (secondary N) is 1. The molecule has 0 amide bonds. The molecule has 2 aromatic rings. The van der Waals surface area contributed by atoms with Crippen LogP contribution in [0, 0.1) is 5.92 Å². The minimum Gasteiger partial charge on any atom is -0.396 e. The van der Waals surface area contributed by atoms with Crippen LogP contribution >= 0.6 is 11.8 Å². The van der Waals surface area contributed by atoms with Crippen molar-refractivity contribution >= 4 is 17.6 Å². The Kier molecular flexibility index (Phi) is 5.38. The molecule has 1 aromatic heterocycles. The lowest BCUT2D eigenvalue weighted by Gasteiger charge is -2.09. The molecule has 0 bridgehead atoms. The number of aliphatic hydroxyl groups is 1. The quantitative estimate of drug-likeness (QED) is 0.632. The van der Waals surface area contributed by atoms with Crippen LogP contribution in [0.5, 0.6) is 0 Å². The van der Waals surface area contributed by atoms with Crippen molar-refractivity contribution < 1.29 is 5.11 Å². The van der Waals surface area contributed by atoms with E-state index in [4.69, 9.17) is 5.11 Å². The van der Waals surface area contributed by atoms with Gasteiger partial charge in [0, 0.05) is 31.0 Å². The molecule has 0 fully saturated rings. The SMILES string of the molecule is CNc1cc(SCC(C)CO)nc(-c2ccccc2)n1. The molecule has 0 aliphatic heterocycles. The van der Waals surface area contributed by atoms with E-state index in [1.54, 1.807) is 11.8 Å². The molecule has 5 heteroatoms. The Bertz CT molecular complexity index is 548. The fourth-order valence-corrected chi connectivity index (χ4v) is 2.53. The number of aliphatic hydroxyl groups excluding tert-OH is 1. The van der Waals surface area contributed by atoms with Gasteiger partial charge in [-0.15, -0.1) is 11.8 Å². The number of hydrogen-bond acceptors (Lipinski definition) is 5. The molecular weight excluding hydrogens is 270 g/mol. The normalized spacial score (nSPS) is 12.2. The van der Waals surface area contributed by atoms with Crippen molar-refractivity contribution in [3.63, 3.8) is 0 Å². The minimum atomic E-state index is 0.197. The van der Waals surface area contributed by atoms with Crippen LogP contribution < -0.4 is 5.32 Å². The van der Waals surface area contributed by atoms with Crippen LogP contribution in [0.1, 0.15) is 6.92 Å². The summed E-state index contributed by atoms with van der Waals surface area (Å²) >= 11 is 1.64. The van der Waals surface area contributed by atoms with Gasteiger partial charge in [0.25, 0.3) is 0 Å². The van der Waals surface area contributed by atoms with Crippen molar-refractivity contribution in [2.75, 3.05) is 24.7 Å². The summed E-state index contributed by atoms with van der Waals surface area (Å²) in [5, 5.41) is 13.1. The molecule has 0 radical (unpaired) electrons. The lowest BCUT2D eigenvalue weighted by Crippen LogP contribution is -2.04. The molecule has 106 valence electrons. The first kappa shape index (κ1) is 14.8. The molecule has 1 heterocycles. The number of nitrogens with zero attached hydrogens (tertiary/aromatic N) is 2. The van der Waals surface area contributed by atoms with Crippen molar-refractivity contribution in [2.24, 2.45) is 5.92 Å². The first-order chi connectivity index (χ1) is 9.72. The van der Waals surface area contributed by atoms with Crippen molar-refractivity contribution in [2.45, 2.75) is 11.9 Å². The topological polar surface area (TPSA) is 58.0 Å². The summed E-state index contributed by atoms with van der Waals surface area (Å²) < 4.78 is 0. The number of aromatic nitrogens is 2. The molecule has 0 spiro atoms. The van der Waals surface area contributed by atoms with Gasteiger partial charge in [-0.05, 0) is 5.92 Å². The van der Waals surface area contributed by atoms with Gasteiger partial charge in [-0.1, -0.05) is 37.3 Å². The van der Waals surface area contributed by atoms with E-state index in [0.717, 1.165) is 28.0 Å². The minimum absolute atomic E-state index is 0.197. The summed E-state index contributed by atoms with van der Waals surface area (Å²) in [6, 6.07) is 11.9. The van der Waals surface area contributed by atoms with E-state index < -0.39 is 0 Å². The maximum absolute atomic E-state index is 9.09. The Hall–Kier alpha value is -1.59. The molecule has 2 N–H and O–H groups in total. The van der Waals surface area contributed by atoms with Gasteiger partial charge in [-0.3, -0.25) is 0 Å². The molecule has 0 saturated heterocycles. The maximum Gasteiger partial charge on any atom is 0.162 e. The average Bonchev–Trinajstić information content (AvgIpc) is 2.53. The summed E-state index contributed by atoms with van der Waals surface area (Å²) in [5.74, 6) is 2.62. The molecule has 20 heavy (non-hydrogen) atoms. The first-order valence-electron chi connectivity index (χ1n) is 6.59. The summed E-state index contributed by atoms with van der Waals surface area (Å²) in [6.07, 6.45) is 0. The Morgan fingerprint density at radius 3 is 2.65 bits per heavy atom. The van der Waals surface area contributed by atoms with Gasteiger partial charge in [0.2, 0.25) is 0 Å². The summed E-state index contributed by atoms with van der Waals surface area (Å²) in [4.78, 5) is 9.07. The molecule has 0 aliphatic rings. The predicted octanol–water partition coefficient (Wildman–Crippen LogP) is 2.91. The lowest BCUT2D eigenvalue weighted by atomic mass is 10.2. The molecule has 0 saturated carbocycles. The zero-order valence-corrected chi connectivity index (χ0v) is 12.5. The van der Waals surface area contributed by atoms with Crippen molar-refractivity contribution in [3.05, 3.63) is 36.4 Å². The average molecular weight is 289 g/mol. The third-order valence-corrected chi connectivity index (χ3v) is 4.06. The second-order valence-corrected chi connectivity index (χ2v) is 5.67. The van der Waals surface area contributed by atoms with Gasteiger partial charge < -0.3 is 10.4 Å². The van der Waals surface area contributed by atoms with Crippen LogP contribution in [0.15, 0.2) is 41.4 Å². The van der Waals surface area contributed by atoms with E-state index in [1.165, 1.54) is 0 Å². The highest BCUT2D eigenvalue weighted by atomic mass is 32.2. The van der Waals surface area contributed by atoms with E-state index in [-0.39, 0.29) is 12.5 Å². The maximum atomic E-state index is 9.09. The highest BCUT2D eigenvalue weighted by molar-refractivity contribution is 7.99. The Labute approximate surface area is 123 Å². The van der Waals surface area contributed by atoms with Gasteiger partial charge in [-0.25, -0.2) is 9.97 Å². The third-order valence-electron chi connectivity index (χ3n) is 2.82. The van der Waals surface area contributed by atoms with Crippen LogP contribution in [-0.4, -0.2) is 34.5 Å². The van der Waals surface area contributed by atoms with E-state index in [9.17, 15) is 0 Å². The summed E-state index contributed by atoms with van der Waals surface area (Å²) in [6.45, 7) is 2.22. The summed E-state index contributed by atoms with van der Waals surface area (Å²) in [5.41, 5.74) is 1.00. The van der Waals surface area contributed by atoms with Crippen molar-refractivity contribution in [3.8, 4) is 11.4 Å². The Morgan fingerprint density at radius 2 is 2.00 bits per heavy atom. The fourth-order valence-electron chi connectivity index (χ4n) is 1.62. The second-order valence-electron chi connectivity index (χ2n) is 4.63. The van der Waals surface area contributed by atoms with Crippen molar-refractivity contribution in [1.82, 2.24) is 9.97 Å². The van der Waals surface area contributed by atoms with E-state index in [0.29, 0.717) is 0 Å². The van der Waals surface area contributed by atoms with E-state index >= 15 is 0 Å². The Morgan fingerprint density at radius 1 is 1.25 bits per heavy atom. The Balaban J connectivity index is 2.25. The van der Waals surface area contributed by atoms with Gasteiger partial charge in [0.05, 0.1) is 0 Å². The van der Waals surface area contributed by atoms with Crippen LogP contribution in [-0.2, 0) is 0 Å². The number of hydrogen-bond donors (Lipinski definition) is 2. The van der Waals surface area contributed by atoms with Crippen LogP contribution in [0.2, 0.25) is 0 Å². The molecule has 4 nitrogen and oxygen atoms in total. The highest BCUT2D eigenvalue weighted by Gasteiger charge is 2.08. The van der Waals surface area contributed by atoms with Gasteiger partial charge in [0.15, 0.2) is 5.82 Å². The number of thioether (sulfide) groups is 1. The molecule has 1 aromatic carbocycles.